The van der Waals surface area contributed by atoms with Gasteiger partial charge in [-0.2, -0.15) is 0 Å². The van der Waals surface area contributed by atoms with Crippen molar-refractivity contribution in [1.82, 2.24) is 25.1 Å². The molecule has 7 heteroatoms. The van der Waals surface area contributed by atoms with E-state index in [0.29, 0.717) is 6.54 Å². The van der Waals surface area contributed by atoms with Crippen LogP contribution in [0.4, 0.5) is 4.79 Å². The van der Waals surface area contributed by atoms with Gasteiger partial charge in [0.25, 0.3) is 0 Å². The summed E-state index contributed by atoms with van der Waals surface area (Å²) in [6.07, 6.45) is 4.11. The van der Waals surface area contributed by atoms with Crippen molar-refractivity contribution in [2.24, 2.45) is 5.41 Å². The third-order valence-electron chi connectivity index (χ3n) is 5.48. The third-order valence-corrected chi connectivity index (χ3v) is 5.48. The second-order valence-corrected chi connectivity index (χ2v) is 7.75. The van der Waals surface area contributed by atoms with Gasteiger partial charge in [-0.3, -0.25) is 9.88 Å². The van der Waals surface area contributed by atoms with Gasteiger partial charge in [-0.25, -0.2) is 9.78 Å². The summed E-state index contributed by atoms with van der Waals surface area (Å²) in [4.78, 5) is 25.6. The van der Waals surface area contributed by atoms with Crippen LogP contribution in [0.25, 0.3) is 11.0 Å². The van der Waals surface area contributed by atoms with E-state index >= 15 is 0 Å². The summed E-state index contributed by atoms with van der Waals surface area (Å²) in [7, 11) is 1.80. The zero-order valence-corrected chi connectivity index (χ0v) is 15.9. The number of urea groups is 1. The van der Waals surface area contributed by atoms with Crippen LogP contribution in [-0.2, 0) is 11.3 Å². The van der Waals surface area contributed by atoms with Crippen molar-refractivity contribution in [3.63, 3.8) is 0 Å². The SMILES string of the molecule is CN(Cc1cnc2ccccc2n1)C(=O)NCC1(CN2CCOCC2)CC1. The van der Waals surface area contributed by atoms with Gasteiger partial charge in [0.1, 0.15) is 0 Å². The van der Waals surface area contributed by atoms with Crippen LogP contribution in [0.5, 0.6) is 0 Å². The fraction of sp³-hybridized carbons (Fsp3) is 0.550. The molecule has 1 aliphatic heterocycles. The van der Waals surface area contributed by atoms with Crippen LogP contribution in [0.2, 0.25) is 0 Å². The van der Waals surface area contributed by atoms with Crippen molar-refractivity contribution >= 4 is 17.1 Å². The number of ether oxygens (including phenoxy) is 1. The molecule has 2 aromatic rings. The Morgan fingerprint density at radius 2 is 2.00 bits per heavy atom. The van der Waals surface area contributed by atoms with Gasteiger partial charge in [-0.1, -0.05) is 12.1 Å². The molecule has 2 amide bonds. The van der Waals surface area contributed by atoms with Gasteiger partial charge in [0.15, 0.2) is 0 Å². The van der Waals surface area contributed by atoms with Crippen LogP contribution in [0, 0.1) is 5.41 Å². The van der Waals surface area contributed by atoms with Crippen molar-refractivity contribution in [3.05, 3.63) is 36.2 Å². The van der Waals surface area contributed by atoms with E-state index in [1.807, 2.05) is 24.3 Å². The summed E-state index contributed by atoms with van der Waals surface area (Å²) < 4.78 is 5.42. The lowest BCUT2D eigenvalue weighted by molar-refractivity contribution is 0.0285. The molecular formula is C20H27N5O2. The minimum atomic E-state index is -0.0572. The van der Waals surface area contributed by atoms with E-state index in [1.54, 1.807) is 18.1 Å². The molecule has 1 saturated heterocycles. The molecule has 27 heavy (non-hydrogen) atoms. The molecule has 2 aliphatic rings. The van der Waals surface area contributed by atoms with E-state index < -0.39 is 0 Å². The maximum atomic E-state index is 12.5. The number of hydrogen-bond donors (Lipinski definition) is 1. The highest BCUT2D eigenvalue weighted by Gasteiger charge is 2.44. The predicted octanol–water partition coefficient (Wildman–Crippen LogP) is 1.88. The average Bonchev–Trinajstić information content (AvgIpc) is 3.46. The summed E-state index contributed by atoms with van der Waals surface area (Å²) in [5.41, 5.74) is 2.76. The topological polar surface area (TPSA) is 70.6 Å². The van der Waals surface area contributed by atoms with Gasteiger partial charge >= 0.3 is 6.03 Å². The standard InChI is InChI=1S/C20H27N5O2/c1-24(13-16-12-21-17-4-2-3-5-18(17)23-16)19(26)22-14-20(6-7-20)15-25-8-10-27-11-9-25/h2-5,12H,6-11,13-15H2,1H3,(H,22,26). The number of fused-ring (bicyclic) bond motifs is 1. The van der Waals surface area contributed by atoms with Crippen LogP contribution < -0.4 is 5.32 Å². The van der Waals surface area contributed by atoms with E-state index in [4.69, 9.17) is 4.74 Å². The van der Waals surface area contributed by atoms with Gasteiger partial charge in [-0.15, -0.1) is 0 Å². The van der Waals surface area contributed by atoms with Crippen LogP contribution in [0.3, 0.4) is 0 Å². The highest BCUT2D eigenvalue weighted by atomic mass is 16.5. The molecule has 4 rings (SSSR count). The first-order valence-corrected chi connectivity index (χ1v) is 9.63. The van der Waals surface area contributed by atoms with Crippen LogP contribution in [0.15, 0.2) is 30.5 Å². The first-order chi connectivity index (χ1) is 13.1. The lowest BCUT2D eigenvalue weighted by Crippen LogP contribution is -2.45. The number of rotatable bonds is 6. The lowest BCUT2D eigenvalue weighted by Gasteiger charge is -2.31. The second-order valence-electron chi connectivity index (χ2n) is 7.75. The minimum absolute atomic E-state index is 0.0572. The van der Waals surface area contributed by atoms with Crippen LogP contribution in [0.1, 0.15) is 18.5 Å². The number of carbonyl (C=O) groups is 1. The van der Waals surface area contributed by atoms with Gasteiger partial charge < -0.3 is 15.0 Å². The van der Waals surface area contributed by atoms with Crippen LogP contribution in [-0.4, -0.2) is 72.2 Å². The first-order valence-electron chi connectivity index (χ1n) is 9.63. The van der Waals surface area contributed by atoms with Crippen molar-refractivity contribution in [3.8, 4) is 0 Å². The number of para-hydroxylation sites is 2. The molecule has 7 nitrogen and oxygen atoms in total. The van der Waals surface area contributed by atoms with Gasteiger partial charge in [0.2, 0.25) is 0 Å². The molecule has 2 heterocycles. The fourth-order valence-corrected chi connectivity index (χ4v) is 3.59. The number of benzene rings is 1. The molecule has 1 aromatic carbocycles. The summed E-state index contributed by atoms with van der Waals surface area (Å²) in [6.45, 7) is 5.86. The van der Waals surface area contributed by atoms with E-state index in [2.05, 4.69) is 20.2 Å². The molecule has 0 spiro atoms. The largest absolute Gasteiger partial charge is 0.379 e. The quantitative estimate of drug-likeness (QED) is 0.842. The number of amides is 2. The molecule has 0 bridgehead atoms. The van der Waals surface area contributed by atoms with Crippen molar-refractivity contribution in [2.45, 2.75) is 19.4 Å². The Morgan fingerprint density at radius 1 is 1.26 bits per heavy atom. The number of morpholine rings is 1. The van der Waals surface area contributed by atoms with E-state index in [0.717, 1.165) is 56.1 Å². The van der Waals surface area contributed by atoms with Gasteiger partial charge in [0.05, 0.1) is 42.7 Å². The van der Waals surface area contributed by atoms with E-state index in [1.165, 1.54) is 12.8 Å². The second kappa shape index (κ2) is 7.78. The molecule has 1 N–H and O–H groups in total. The molecule has 1 aromatic heterocycles. The Kier molecular flexibility index (Phi) is 5.22. The summed E-state index contributed by atoms with van der Waals surface area (Å²) in [6, 6.07) is 7.71. The van der Waals surface area contributed by atoms with Gasteiger partial charge in [0, 0.05) is 38.6 Å². The normalized spacial score (nSPS) is 19.0. The molecule has 0 radical (unpaired) electrons. The summed E-state index contributed by atoms with van der Waals surface area (Å²) >= 11 is 0. The Balaban J connectivity index is 1.28. The third kappa shape index (κ3) is 4.54. The molecule has 0 atom stereocenters. The number of nitrogens with one attached hydrogen (secondary N) is 1. The Bertz CT molecular complexity index is 802. The Labute approximate surface area is 159 Å². The molecule has 1 aliphatic carbocycles. The number of nitrogens with zero attached hydrogens (tertiary/aromatic N) is 4. The molecule has 1 saturated carbocycles. The number of carbonyl (C=O) groups excluding carboxylic acids is 1. The maximum Gasteiger partial charge on any atom is 0.317 e. The van der Waals surface area contributed by atoms with Crippen molar-refractivity contribution < 1.29 is 9.53 Å². The van der Waals surface area contributed by atoms with Crippen molar-refractivity contribution in [1.29, 1.82) is 0 Å². The van der Waals surface area contributed by atoms with Crippen LogP contribution >= 0.6 is 0 Å². The monoisotopic (exact) mass is 369 g/mol. The minimum Gasteiger partial charge on any atom is -0.379 e. The molecule has 144 valence electrons. The fourth-order valence-electron chi connectivity index (χ4n) is 3.59. The first kappa shape index (κ1) is 18.1. The highest BCUT2D eigenvalue weighted by Crippen LogP contribution is 2.45. The number of aromatic nitrogens is 2. The zero-order chi connectivity index (χ0) is 18.7. The molecular weight excluding hydrogens is 342 g/mol. The number of hydrogen-bond acceptors (Lipinski definition) is 5. The summed E-state index contributed by atoms with van der Waals surface area (Å²) in [5, 5.41) is 3.11. The molecule has 2 fully saturated rings. The smallest absolute Gasteiger partial charge is 0.317 e. The van der Waals surface area contributed by atoms with Crippen molar-refractivity contribution in [2.75, 3.05) is 46.4 Å². The maximum absolute atomic E-state index is 12.5. The molecule has 0 unspecified atom stereocenters. The Hall–Kier alpha value is -2.25. The Morgan fingerprint density at radius 3 is 2.74 bits per heavy atom. The highest BCUT2D eigenvalue weighted by molar-refractivity contribution is 5.75. The van der Waals surface area contributed by atoms with E-state index in [-0.39, 0.29) is 11.4 Å². The van der Waals surface area contributed by atoms with E-state index in [9.17, 15) is 4.79 Å². The summed E-state index contributed by atoms with van der Waals surface area (Å²) in [5.74, 6) is 0. The van der Waals surface area contributed by atoms with Gasteiger partial charge in [-0.05, 0) is 25.0 Å². The lowest BCUT2D eigenvalue weighted by atomic mass is 10.1. The zero-order valence-electron chi connectivity index (χ0n) is 15.9. The predicted molar refractivity (Wildman–Crippen MR) is 103 cm³/mol. The average molecular weight is 369 g/mol.